The molecule has 1 aromatic carbocycles. The fourth-order valence-corrected chi connectivity index (χ4v) is 5.27. The number of nitrogens with zero attached hydrogens (tertiary/aromatic N) is 3. The van der Waals surface area contributed by atoms with Crippen molar-refractivity contribution in [1.82, 2.24) is 19.8 Å². The number of piperidine rings is 1. The zero-order chi connectivity index (χ0) is 21.6. The van der Waals surface area contributed by atoms with E-state index in [0.29, 0.717) is 16.1 Å². The minimum atomic E-state index is -0.157. The smallest absolute Gasteiger partial charge is 0.262 e. The molecule has 0 radical (unpaired) electrons. The van der Waals surface area contributed by atoms with Crippen LogP contribution in [0.4, 0.5) is 0 Å². The Balaban J connectivity index is 1.49. The minimum absolute atomic E-state index is 0.0322. The minimum Gasteiger partial charge on any atom is -0.353 e. The molecule has 2 aliphatic rings. The Morgan fingerprint density at radius 1 is 1.06 bits per heavy atom. The molecule has 4 rings (SSSR count). The van der Waals surface area contributed by atoms with E-state index in [9.17, 15) is 14.4 Å². The van der Waals surface area contributed by atoms with Gasteiger partial charge in [-0.25, -0.2) is 4.98 Å². The molecule has 1 saturated heterocycles. The van der Waals surface area contributed by atoms with Crippen LogP contribution in [-0.4, -0.2) is 51.1 Å². The van der Waals surface area contributed by atoms with E-state index in [2.05, 4.69) is 10.3 Å². The highest BCUT2D eigenvalue weighted by atomic mass is 32.2. The van der Waals surface area contributed by atoms with Crippen LogP contribution in [0.3, 0.4) is 0 Å². The summed E-state index contributed by atoms with van der Waals surface area (Å²) in [6.07, 6.45) is 7.91. The lowest BCUT2D eigenvalue weighted by Crippen LogP contribution is -2.37. The van der Waals surface area contributed by atoms with Crippen molar-refractivity contribution in [3.63, 3.8) is 0 Å². The van der Waals surface area contributed by atoms with E-state index in [1.165, 1.54) is 18.2 Å². The number of benzene rings is 1. The summed E-state index contributed by atoms with van der Waals surface area (Å²) in [6.45, 7) is 1.87. The first-order valence-electron chi connectivity index (χ1n) is 11.3. The normalized spacial score (nSPS) is 17.2. The predicted octanol–water partition coefficient (Wildman–Crippen LogP) is 2.95. The number of nitrogens with one attached hydrogen (secondary N) is 1. The molecule has 1 saturated carbocycles. The fourth-order valence-electron chi connectivity index (χ4n) is 4.43. The molecule has 166 valence electrons. The summed E-state index contributed by atoms with van der Waals surface area (Å²) in [5, 5.41) is 4.11. The highest BCUT2D eigenvalue weighted by Crippen LogP contribution is 2.20. The maximum atomic E-state index is 13.1. The molecule has 1 N–H and O–H groups in total. The SMILES string of the molecule is O=C(CSc1nc2ccccc2c(=O)n1CCC(=O)N1CCCCC1)NC1CCCC1. The van der Waals surface area contributed by atoms with Gasteiger partial charge in [-0.15, -0.1) is 0 Å². The van der Waals surface area contributed by atoms with Crippen molar-refractivity contribution in [2.45, 2.75) is 69.1 Å². The molecular formula is C23H30N4O3S. The monoisotopic (exact) mass is 442 g/mol. The van der Waals surface area contributed by atoms with Gasteiger partial charge in [0, 0.05) is 32.1 Å². The number of carbonyl (C=O) groups is 2. The van der Waals surface area contributed by atoms with Gasteiger partial charge in [-0.3, -0.25) is 19.0 Å². The number of rotatable bonds is 7. The second kappa shape index (κ2) is 10.3. The Morgan fingerprint density at radius 2 is 1.81 bits per heavy atom. The summed E-state index contributed by atoms with van der Waals surface area (Å²) in [6, 6.07) is 7.50. The number of thioether (sulfide) groups is 1. The van der Waals surface area contributed by atoms with Gasteiger partial charge < -0.3 is 10.2 Å². The van der Waals surface area contributed by atoms with Crippen molar-refractivity contribution in [3.8, 4) is 0 Å². The van der Waals surface area contributed by atoms with Crippen LogP contribution < -0.4 is 10.9 Å². The Labute approximate surface area is 186 Å². The maximum absolute atomic E-state index is 13.1. The number of fused-ring (bicyclic) bond motifs is 1. The van der Waals surface area contributed by atoms with Gasteiger partial charge in [0.2, 0.25) is 11.8 Å². The van der Waals surface area contributed by atoms with Gasteiger partial charge >= 0.3 is 0 Å². The second-order valence-electron chi connectivity index (χ2n) is 8.40. The van der Waals surface area contributed by atoms with E-state index in [4.69, 9.17) is 0 Å². The van der Waals surface area contributed by atoms with Gasteiger partial charge in [0.15, 0.2) is 5.16 Å². The van der Waals surface area contributed by atoms with Crippen molar-refractivity contribution in [1.29, 1.82) is 0 Å². The molecule has 7 nitrogen and oxygen atoms in total. The largest absolute Gasteiger partial charge is 0.353 e. The number of likely N-dealkylation sites (tertiary alicyclic amines) is 1. The maximum Gasteiger partial charge on any atom is 0.262 e. The molecule has 2 aromatic rings. The van der Waals surface area contributed by atoms with E-state index in [0.717, 1.165) is 51.6 Å². The lowest BCUT2D eigenvalue weighted by atomic mass is 10.1. The predicted molar refractivity (Wildman–Crippen MR) is 122 cm³/mol. The van der Waals surface area contributed by atoms with E-state index >= 15 is 0 Å². The van der Waals surface area contributed by atoms with Crippen molar-refractivity contribution in [2.75, 3.05) is 18.8 Å². The summed E-state index contributed by atoms with van der Waals surface area (Å²) in [5.74, 6) is 0.256. The van der Waals surface area contributed by atoms with E-state index < -0.39 is 0 Å². The van der Waals surface area contributed by atoms with Gasteiger partial charge in [0.25, 0.3) is 5.56 Å². The molecule has 31 heavy (non-hydrogen) atoms. The first kappa shape index (κ1) is 21.9. The summed E-state index contributed by atoms with van der Waals surface area (Å²) in [4.78, 5) is 44.7. The van der Waals surface area contributed by atoms with Crippen LogP contribution in [0.5, 0.6) is 0 Å². The molecule has 0 atom stereocenters. The third-order valence-electron chi connectivity index (χ3n) is 6.14. The van der Waals surface area contributed by atoms with Crippen LogP contribution in [0, 0.1) is 0 Å². The molecule has 2 amide bonds. The first-order chi connectivity index (χ1) is 15.1. The molecule has 8 heteroatoms. The Bertz CT molecular complexity index is 994. The van der Waals surface area contributed by atoms with Crippen molar-refractivity contribution in [2.24, 2.45) is 0 Å². The quantitative estimate of drug-likeness (QED) is 0.526. The number of amides is 2. The van der Waals surface area contributed by atoms with Crippen molar-refractivity contribution in [3.05, 3.63) is 34.6 Å². The summed E-state index contributed by atoms with van der Waals surface area (Å²) >= 11 is 1.27. The molecule has 0 spiro atoms. The van der Waals surface area contributed by atoms with Crippen LogP contribution in [-0.2, 0) is 16.1 Å². The zero-order valence-corrected chi connectivity index (χ0v) is 18.7. The topological polar surface area (TPSA) is 84.3 Å². The van der Waals surface area contributed by atoms with E-state index in [-0.39, 0.29) is 42.1 Å². The Hall–Kier alpha value is -2.35. The molecule has 1 aromatic heterocycles. The number of aromatic nitrogens is 2. The third-order valence-corrected chi connectivity index (χ3v) is 7.11. The van der Waals surface area contributed by atoms with Crippen LogP contribution in [0.15, 0.2) is 34.2 Å². The summed E-state index contributed by atoms with van der Waals surface area (Å²) in [7, 11) is 0. The van der Waals surface area contributed by atoms with Gasteiger partial charge in [0.1, 0.15) is 0 Å². The molecule has 2 fully saturated rings. The van der Waals surface area contributed by atoms with Crippen molar-refractivity contribution >= 4 is 34.5 Å². The molecule has 1 aliphatic carbocycles. The van der Waals surface area contributed by atoms with E-state index in [1.54, 1.807) is 10.6 Å². The van der Waals surface area contributed by atoms with Gasteiger partial charge in [-0.05, 0) is 44.2 Å². The van der Waals surface area contributed by atoms with Crippen LogP contribution in [0.2, 0.25) is 0 Å². The summed E-state index contributed by atoms with van der Waals surface area (Å²) in [5.41, 5.74) is 0.459. The number of carbonyl (C=O) groups excluding carboxylic acids is 2. The van der Waals surface area contributed by atoms with Crippen LogP contribution in [0.1, 0.15) is 51.4 Å². The van der Waals surface area contributed by atoms with Gasteiger partial charge in [0.05, 0.1) is 16.7 Å². The molecule has 2 heterocycles. The number of hydrogen-bond acceptors (Lipinski definition) is 5. The van der Waals surface area contributed by atoms with E-state index in [1.807, 2.05) is 23.1 Å². The highest BCUT2D eigenvalue weighted by Gasteiger charge is 2.20. The first-order valence-corrected chi connectivity index (χ1v) is 12.3. The Kier molecular flexibility index (Phi) is 7.27. The second-order valence-corrected chi connectivity index (χ2v) is 9.34. The number of para-hydroxylation sites is 1. The van der Waals surface area contributed by atoms with Gasteiger partial charge in [-0.1, -0.05) is 36.7 Å². The van der Waals surface area contributed by atoms with Gasteiger partial charge in [-0.2, -0.15) is 0 Å². The molecule has 1 aliphatic heterocycles. The number of hydrogen-bond donors (Lipinski definition) is 1. The lowest BCUT2D eigenvalue weighted by molar-refractivity contribution is -0.132. The molecule has 0 unspecified atom stereocenters. The zero-order valence-electron chi connectivity index (χ0n) is 17.8. The lowest BCUT2D eigenvalue weighted by Gasteiger charge is -2.27. The summed E-state index contributed by atoms with van der Waals surface area (Å²) < 4.78 is 1.57. The standard InChI is InChI=1S/C23H30N4O3S/c28-20(24-17-8-2-3-9-17)16-31-23-25-19-11-5-4-10-18(19)22(30)27(23)15-12-21(29)26-13-6-1-7-14-26/h4-5,10-11,17H,1-3,6-9,12-16H2,(H,24,28). The fraction of sp³-hybridized carbons (Fsp3) is 0.565. The highest BCUT2D eigenvalue weighted by molar-refractivity contribution is 7.99. The van der Waals surface area contributed by atoms with Crippen molar-refractivity contribution < 1.29 is 9.59 Å². The Morgan fingerprint density at radius 3 is 2.58 bits per heavy atom. The van der Waals surface area contributed by atoms with Crippen LogP contribution in [0.25, 0.3) is 10.9 Å². The molecular weight excluding hydrogens is 412 g/mol. The average Bonchev–Trinajstić information content (AvgIpc) is 3.30. The average molecular weight is 443 g/mol. The third kappa shape index (κ3) is 5.47. The van der Waals surface area contributed by atoms with Crippen LogP contribution >= 0.6 is 11.8 Å². The molecule has 0 bridgehead atoms.